The number of aliphatic hydroxyl groups is 4. The van der Waals surface area contributed by atoms with Crippen molar-refractivity contribution < 1.29 is 49.1 Å². The number of aliphatic hydroxyl groups excluding tert-OH is 3. The molecule has 0 radical (unpaired) electrons. The van der Waals surface area contributed by atoms with Crippen molar-refractivity contribution in [2.75, 3.05) is 12.5 Å². The van der Waals surface area contributed by atoms with Crippen molar-refractivity contribution in [3.8, 4) is 0 Å². The molecule has 10 atom stereocenters. The molecule has 0 aromatic rings. The third kappa shape index (κ3) is 6.24. The largest absolute Gasteiger partial charge is 0.458 e. The number of hydrogen-bond donors (Lipinski definition) is 6. The van der Waals surface area contributed by atoms with Crippen LogP contribution in [-0.4, -0.2) is 96.8 Å². The van der Waals surface area contributed by atoms with Gasteiger partial charge in [-0.05, 0) is 86.0 Å². The minimum Gasteiger partial charge on any atom is -0.458 e. The quantitative estimate of drug-likeness (QED) is 0.119. The van der Waals surface area contributed by atoms with E-state index in [-0.39, 0.29) is 24.9 Å². The summed E-state index contributed by atoms with van der Waals surface area (Å²) in [4.78, 5) is 50.1. The molecule has 3 aliphatic heterocycles. The lowest BCUT2D eigenvalue weighted by Gasteiger charge is -2.54. The maximum absolute atomic E-state index is 13.1. The molecule has 0 unspecified atom stereocenters. The number of esters is 2. The predicted molar refractivity (Wildman–Crippen MR) is 172 cm³/mol. The second-order valence-corrected chi connectivity index (χ2v) is 15.1. The monoisotopic (exact) mass is 682 g/mol. The number of rotatable bonds is 9. The van der Waals surface area contributed by atoms with E-state index in [0.29, 0.717) is 18.7 Å². The normalized spacial score (nSPS) is 39.0. The molecule has 0 spiro atoms. The van der Waals surface area contributed by atoms with Crippen molar-refractivity contribution in [1.82, 2.24) is 10.6 Å². The van der Waals surface area contributed by atoms with Gasteiger partial charge in [-0.25, -0.2) is 9.59 Å². The van der Waals surface area contributed by atoms with Crippen LogP contribution in [0.1, 0.15) is 86.0 Å². The molecule has 3 saturated heterocycles. The Morgan fingerprint density at radius 3 is 2.00 bits per heavy atom. The summed E-state index contributed by atoms with van der Waals surface area (Å²) < 4.78 is 10.8. The molecule has 6 N–H and O–H groups in total. The molecular weight excluding hydrogens is 632 g/mol. The molecule has 0 bridgehead atoms. The predicted octanol–water partition coefficient (Wildman–Crippen LogP) is 1.80. The first-order valence-electron chi connectivity index (χ1n) is 16.6. The van der Waals surface area contributed by atoms with Crippen LogP contribution < -0.4 is 10.6 Å². The van der Waals surface area contributed by atoms with Gasteiger partial charge in [0.15, 0.2) is 11.1 Å². The fourth-order valence-corrected chi connectivity index (χ4v) is 8.22. The van der Waals surface area contributed by atoms with E-state index in [9.17, 15) is 39.6 Å². The van der Waals surface area contributed by atoms with Gasteiger partial charge in [0.05, 0.1) is 24.0 Å². The first-order valence-corrected chi connectivity index (χ1v) is 17.2. The van der Waals surface area contributed by atoms with E-state index < -0.39 is 75.7 Å². The molecule has 13 heteroatoms. The Morgan fingerprint density at radius 2 is 1.53 bits per heavy atom. The summed E-state index contributed by atoms with van der Waals surface area (Å²) >= 11 is 5.76. The Morgan fingerprint density at radius 1 is 0.979 bits per heavy atom. The van der Waals surface area contributed by atoms with Gasteiger partial charge in [0.2, 0.25) is 17.4 Å². The molecule has 12 nitrogen and oxygen atoms in total. The van der Waals surface area contributed by atoms with Crippen LogP contribution in [0.25, 0.3) is 0 Å². The Kier molecular flexibility index (Phi) is 10.9. The molecule has 2 aliphatic carbocycles. The maximum atomic E-state index is 13.1. The molecule has 3 heterocycles. The number of carbonyl (C=O) groups is 4. The molecular formula is C34H51ClN2O10. The van der Waals surface area contributed by atoms with Crippen molar-refractivity contribution in [1.29, 1.82) is 0 Å². The second-order valence-electron chi connectivity index (χ2n) is 14.8. The molecule has 0 saturated carbocycles. The van der Waals surface area contributed by atoms with E-state index in [2.05, 4.69) is 10.6 Å². The number of alkyl halides is 1. The number of amides is 2. The highest BCUT2D eigenvalue weighted by Gasteiger charge is 2.79. The van der Waals surface area contributed by atoms with Gasteiger partial charge in [-0.2, -0.15) is 0 Å². The van der Waals surface area contributed by atoms with Gasteiger partial charge in [-0.1, -0.05) is 24.3 Å². The summed E-state index contributed by atoms with van der Waals surface area (Å²) in [6, 6.07) is 0. The Bertz CT molecular complexity index is 1280. The van der Waals surface area contributed by atoms with E-state index in [1.165, 1.54) is 6.92 Å². The summed E-state index contributed by atoms with van der Waals surface area (Å²) in [6.45, 7) is 7.80. The molecule has 47 heavy (non-hydrogen) atoms. The van der Waals surface area contributed by atoms with Gasteiger partial charge < -0.3 is 40.5 Å². The fraction of sp³-hybridized carbons (Fsp3) is 0.765. The summed E-state index contributed by atoms with van der Waals surface area (Å²) in [6.07, 6.45) is 10.9. The van der Waals surface area contributed by atoms with E-state index in [1.807, 2.05) is 24.3 Å². The van der Waals surface area contributed by atoms with E-state index >= 15 is 0 Å². The van der Waals surface area contributed by atoms with Gasteiger partial charge in [0.1, 0.15) is 11.2 Å². The van der Waals surface area contributed by atoms with Crippen LogP contribution in [0, 0.1) is 23.7 Å². The third-order valence-corrected chi connectivity index (χ3v) is 10.9. The average Bonchev–Trinajstić information content (AvgIpc) is 3.33. The zero-order chi connectivity index (χ0) is 35.0. The Labute approximate surface area is 281 Å². The number of ether oxygens (including phenoxy) is 2. The van der Waals surface area contributed by atoms with E-state index in [0.717, 1.165) is 32.1 Å². The Balaban J connectivity index is 0.000000217. The second kappa shape index (κ2) is 13.8. The lowest BCUT2D eigenvalue weighted by Crippen LogP contribution is -2.80. The maximum Gasteiger partial charge on any atom is 0.339 e. The smallest absolute Gasteiger partial charge is 0.339 e. The summed E-state index contributed by atoms with van der Waals surface area (Å²) in [5.41, 5.74) is -7.11. The number of nitrogens with one attached hydrogen (secondary N) is 2. The topological polar surface area (TPSA) is 192 Å². The lowest BCUT2D eigenvalue weighted by atomic mass is 9.64. The number of carbonyl (C=O) groups excluding carboxylic acids is 4. The van der Waals surface area contributed by atoms with Gasteiger partial charge >= 0.3 is 11.9 Å². The highest BCUT2D eigenvalue weighted by atomic mass is 35.5. The van der Waals surface area contributed by atoms with Crippen LogP contribution in [0.4, 0.5) is 0 Å². The first kappa shape index (κ1) is 37.3. The molecule has 2 amide bonds. The van der Waals surface area contributed by atoms with Crippen molar-refractivity contribution in [3.05, 3.63) is 24.3 Å². The van der Waals surface area contributed by atoms with Crippen LogP contribution in [0.15, 0.2) is 24.3 Å². The number of allylic oxidation sites excluding steroid dienone is 2. The molecule has 3 fully saturated rings. The lowest BCUT2D eigenvalue weighted by molar-refractivity contribution is -0.238. The zero-order valence-electron chi connectivity index (χ0n) is 28.0. The Hall–Kier alpha value is -2.51. The average molecular weight is 683 g/mol. The molecule has 5 aliphatic rings. The SMILES string of the molecule is CC(C)(C)OC(=O)[C@]1([C@@H](O)[C@@H]2C=CCCC2)NC(=O)[C@H](CCO)[C@]1(C)O.C[C@@]12OC(=O)[C@]1([C@@H](O)[C@@H]1C=CCCC1)NC(=O)[C@@H]2CCCl. The zero-order valence-corrected chi connectivity index (χ0v) is 28.7. The molecule has 5 rings (SSSR count). The van der Waals surface area contributed by atoms with Gasteiger partial charge in [-0.15, -0.1) is 11.6 Å². The van der Waals surface area contributed by atoms with Gasteiger partial charge in [0.25, 0.3) is 0 Å². The highest BCUT2D eigenvalue weighted by molar-refractivity contribution is 6.18. The van der Waals surface area contributed by atoms with E-state index in [1.54, 1.807) is 27.7 Å². The summed E-state index contributed by atoms with van der Waals surface area (Å²) in [5, 5.41) is 47.8. The van der Waals surface area contributed by atoms with Crippen LogP contribution >= 0.6 is 11.6 Å². The van der Waals surface area contributed by atoms with Crippen LogP contribution in [-0.2, 0) is 28.7 Å². The summed E-state index contributed by atoms with van der Waals surface area (Å²) in [7, 11) is 0. The highest BCUT2D eigenvalue weighted by Crippen LogP contribution is 2.53. The minimum absolute atomic E-state index is 0.0173. The van der Waals surface area contributed by atoms with Crippen LogP contribution in [0.2, 0.25) is 0 Å². The van der Waals surface area contributed by atoms with Crippen molar-refractivity contribution in [2.24, 2.45) is 23.7 Å². The first-order chi connectivity index (χ1) is 21.9. The van der Waals surface area contributed by atoms with Gasteiger partial charge in [0, 0.05) is 24.3 Å². The molecule has 264 valence electrons. The van der Waals surface area contributed by atoms with Crippen molar-refractivity contribution in [2.45, 2.75) is 126 Å². The van der Waals surface area contributed by atoms with E-state index in [4.69, 9.17) is 21.1 Å². The fourth-order valence-electron chi connectivity index (χ4n) is 8.00. The molecule has 0 aromatic carbocycles. The number of hydrogen-bond acceptors (Lipinski definition) is 10. The number of fused-ring (bicyclic) bond motifs is 1. The van der Waals surface area contributed by atoms with Crippen LogP contribution in [0.5, 0.6) is 0 Å². The van der Waals surface area contributed by atoms with Crippen molar-refractivity contribution in [3.63, 3.8) is 0 Å². The third-order valence-electron chi connectivity index (χ3n) is 10.6. The van der Waals surface area contributed by atoms with Crippen molar-refractivity contribution >= 4 is 35.4 Å². The van der Waals surface area contributed by atoms with Gasteiger partial charge in [-0.3, -0.25) is 9.59 Å². The summed E-state index contributed by atoms with van der Waals surface area (Å²) in [5.74, 6) is -4.00. The van der Waals surface area contributed by atoms with Crippen LogP contribution in [0.3, 0.4) is 0 Å². The minimum atomic E-state index is -2.00. The number of halogens is 1. The molecule has 0 aromatic heterocycles. The standard InChI is InChI=1S/C19H31NO6.C15H20ClNO4/c1-17(2,3)26-16(24)19(14(22)12-8-6-5-7-9-12)18(4,25)13(10-11-21)15(23)20-19;1-14-10(7-8-16)12(19)17-15(14,13(20)21-14)11(18)9-5-3-2-4-6-9/h6,8,12-14,21-22,25H,5,7,9-11H2,1-4H3,(H,20,23);3,5,9-11,18H,2,4,6-8H2,1H3,(H,17,19)/t12-,13+,14+,18+,19+;9-,10+,11+,14+,15+/m11/s1.